The van der Waals surface area contributed by atoms with Crippen molar-refractivity contribution in [3.63, 3.8) is 0 Å². The number of oxazole rings is 1. The van der Waals surface area contributed by atoms with Crippen LogP contribution in [0, 0.1) is 5.92 Å². The predicted octanol–water partition coefficient (Wildman–Crippen LogP) is 2.21. The smallest absolute Gasteiger partial charge is 0.408 e. The number of aliphatic hydroxyl groups is 1. The molecule has 1 aliphatic heterocycles. The van der Waals surface area contributed by atoms with E-state index in [2.05, 4.69) is 5.32 Å². The topological polar surface area (TPSA) is 67.4 Å². The normalized spacial score (nSPS) is 18.5. The van der Waals surface area contributed by atoms with Crippen molar-refractivity contribution in [3.05, 3.63) is 34.3 Å². The number of hydrogen-bond acceptors (Lipinski definition) is 4. The Morgan fingerprint density at radius 2 is 2.05 bits per heavy atom. The van der Waals surface area contributed by atoms with E-state index in [4.69, 9.17) is 4.42 Å². The monoisotopic (exact) mass is 290 g/mol. The summed E-state index contributed by atoms with van der Waals surface area (Å²) < 4.78 is 6.96. The lowest BCUT2D eigenvalue weighted by molar-refractivity contribution is 0.0890. The lowest BCUT2D eigenvalue weighted by Crippen LogP contribution is -2.30. The van der Waals surface area contributed by atoms with Gasteiger partial charge in [0.2, 0.25) is 0 Å². The van der Waals surface area contributed by atoms with Crippen molar-refractivity contribution in [1.82, 2.24) is 9.88 Å². The summed E-state index contributed by atoms with van der Waals surface area (Å²) in [6.07, 6.45) is 1.44. The van der Waals surface area contributed by atoms with E-state index in [1.807, 2.05) is 32.0 Å². The minimum absolute atomic E-state index is 0.0546. The molecule has 2 aromatic rings. The molecule has 21 heavy (non-hydrogen) atoms. The van der Waals surface area contributed by atoms with Gasteiger partial charge >= 0.3 is 5.76 Å². The highest BCUT2D eigenvalue weighted by Crippen LogP contribution is 2.30. The number of piperidine rings is 1. The average Bonchev–Trinajstić information content (AvgIpc) is 2.82. The van der Waals surface area contributed by atoms with Gasteiger partial charge in [-0.3, -0.25) is 4.57 Å². The average molecular weight is 290 g/mol. The van der Waals surface area contributed by atoms with Gasteiger partial charge in [-0.1, -0.05) is 6.07 Å². The molecule has 1 unspecified atom stereocenters. The van der Waals surface area contributed by atoms with E-state index in [-0.39, 0.29) is 17.7 Å². The predicted molar refractivity (Wildman–Crippen MR) is 81.4 cm³/mol. The first kappa shape index (κ1) is 14.4. The zero-order valence-corrected chi connectivity index (χ0v) is 12.5. The molecule has 114 valence electrons. The highest BCUT2D eigenvalue weighted by molar-refractivity contribution is 5.74. The lowest BCUT2D eigenvalue weighted by atomic mass is 9.88. The van der Waals surface area contributed by atoms with Crippen LogP contribution in [-0.4, -0.2) is 22.8 Å². The van der Waals surface area contributed by atoms with E-state index in [1.165, 1.54) is 0 Å². The third kappa shape index (κ3) is 2.63. The highest BCUT2D eigenvalue weighted by atomic mass is 16.4. The molecule has 0 bridgehead atoms. The minimum atomic E-state index is -0.496. The molecule has 0 amide bonds. The summed E-state index contributed by atoms with van der Waals surface area (Å²) in [5.74, 6) is -0.0730. The quantitative estimate of drug-likeness (QED) is 0.909. The molecule has 0 saturated carbocycles. The van der Waals surface area contributed by atoms with Crippen LogP contribution in [0.5, 0.6) is 0 Å². The van der Waals surface area contributed by atoms with Crippen LogP contribution in [0.3, 0.4) is 0 Å². The van der Waals surface area contributed by atoms with Gasteiger partial charge in [0.15, 0.2) is 5.58 Å². The van der Waals surface area contributed by atoms with Crippen molar-refractivity contribution < 1.29 is 9.52 Å². The summed E-state index contributed by atoms with van der Waals surface area (Å²) in [4.78, 5) is 11.9. The molecule has 2 heterocycles. The van der Waals surface area contributed by atoms with E-state index in [1.54, 1.807) is 4.57 Å². The number of nitrogens with zero attached hydrogens (tertiary/aromatic N) is 1. The maximum atomic E-state index is 11.9. The number of aromatic nitrogens is 1. The van der Waals surface area contributed by atoms with Crippen LogP contribution >= 0.6 is 0 Å². The number of rotatable bonds is 3. The molecule has 1 aromatic heterocycles. The van der Waals surface area contributed by atoms with Gasteiger partial charge in [0.25, 0.3) is 0 Å². The summed E-state index contributed by atoms with van der Waals surface area (Å²) in [6, 6.07) is 5.64. The van der Waals surface area contributed by atoms with Crippen molar-refractivity contribution in [2.24, 2.45) is 5.92 Å². The Kier molecular flexibility index (Phi) is 3.87. The molecule has 1 atom stereocenters. The van der Waals surface area contributed by atoms with Gasteiger partial charge in [0.05, 0.1) is 11.6 Å². The van der Waals surface area contributed by atoms with E-state index >= 15 is 0 Å². The fourth-order valence-corrected chi connectivity index (χ4v) is 3.16. The maximum Gasteiger partial charge on any atom is 0.420 e. The van der Waals surface area contributed by atoms with Gasteiger partial charge in [0, 0.05) is 6.04 Å². The Morgan fingerprint density at radius 1 is 1.33 bits per heavy atom. The Labute approximate surface area is 123 Å². The first-order valence-corrected chi connectivity index (χ1v) is 7.61. The van der Waals surface area contributed by atoms with Crippen LogP contribution in [0.25, 0.3) is 11.1 Å². The lowest BCUT2D eigenvalue weighted by Gasteiger charge is -2.27. The maximum absolute atomic E-state index is 11.9. The zero-order valence-electron chi connectivity index (χ0n) is 12.5. The van der Waals surface area contributed by atoms with Gasteiger partial charge in [-0.25, -0.2) is 4.79 Å². The molecule has 0 spiro atoms. The fraction of sp³-hybridized carbons (Fsp3) is 0.562. The molecule has 1 aromatic carbocycles. The van der Waals surface area contributed by atoms with E-state index in [9.17, 15) is 9.90 Å². The zero-order chi connectivity index (χ0) is 15.0. The van der Waals surface area contributed by atoms with Crippen molar-refractivity contribution in [2.45, 2.75) is 38.8 Å². The van der Waals surface area contributed by atoms with Crippen molar-refractivity contribution in [3.8, 4) is 0 Å². The summed E-state index contributed by atoms with van der Waals surface area (Å²) in [5.41, 5.74) is 2.18. The van der Waals surface area contributed by atoms with Crippen molar-refractivity contribution >= 4 is 11.1 Å². The fourth-order valence-electron chi connectivity index (χ4n) is 3.16. The van der Waals surface area contributed by atoms with Crippen LogP contribution in [0.15, 0.2) is 27.4 Å². The number of hydrogen-bond donors (Lipinski definition) is 2. The first-order valence-electron chi connectivity index (χ1n) is 7.61. The van der Waals surface area contributed by atoms with Crippen LogP contribution in [0.1, 0.15) is 44.4 Å². The first-order chi connectivity index (χ1) is 10.1. The molecule has 5 heteroatoms. The Balaban J connectivity index is 1.96. The largest absolute Gasteiger partial charge is 0.420 e. The second-order valence-corrected chi connectivity index (χ2v) is 6.09. The number of fused-ring (bicyclic) bond motifs is 1. The summed E-state index contributed by atoms with van der Waals surface area (Å²) in [7, 11) is 0. The number of benzene rings is 1. The Bertz CT molecular complexity index is 680. The molecule has 1 saturated heterocycles. The summed E-state index contributed by atoms with van der Waals surface area (Å²) in [6.45, 7) is 5.80. The second-order valence-electron chi connectivity index (χ2n) is 6.09. The van der Waals surface area contributed by atoms with Gasteiger partial charge in [-0.05, 0) is 63.4 Å². The van der Waals surface area contributed by atoms with Gasteiger partial charge in [-0.15, -0.1) is 0 Å². The standard InChI is InChI=1S/C16H22N2O3/c1-10(2)18-13-4-3-12(9-14(13)21-16(18)20)15(19)11-5-7-17-8-6-11/h3-4,9-11,15,17,19H,5-8H2,1-2H3. The molecule has 1 aliphatic rings. The summed E-state index contributed by atoms with van der Waals surface area (Å²) in [5, 5.41) is 13.8. The third-order valence-electron chi connectivity index (χ3n) is 4.33. The highest BCUT2D eigenvalue weighted by Gasteiger charge is 2.24. The number of aliphatic hydroxyl groups excluding tert-OH is 1. The Hall–Kier alpha value is -1.59. The molecule has 3 rings (SSSR count). The minimum Gasteiger partial charge on any atom is -0.408 e. The van der Waals surface area contributed by atoms with Crippen LogP contribution in [0.2, 0.25) is 0 Å². The Morgan fingerprint density at radius 3 is 2.71 bits per heavy atom. The van der Waals surface area contributed by atoms with Crippen molar-refractivity contribution in [2.75, 3.05) is 13.1 Å². The molecule has 0 aliphatic carbocycles. The van der Waals surface area contributed by atoms with E-state index in [0.29, 0.717) is 5.58 Å². The SMILES string of the molecule is CC(C)n1c(=O)oc2cc(C(O)C3CCNCC3)ccc21. The molecule has 0 radical (unpaired) electrons. The van der Waals surface area contributed by atoms with Gasteiger partial charge in [-0.2, -0.15) is 0 Å². The van der Waals surface area contributed by atoms with Crippen molar-refractivity contribution in [1.29, 1.82) is 0 Å². The van der Waals surface area contributed by atoms with Crippen LogP contribution in [-0.2, 0) is 0 Å². The molecule has 5 nitrogen and oxygen atoms in total. The van der Waals surface area contributed by atoms with Crippen LogP contribution < -0.4 is 11.1 Å². The van der Waals surface area contributed by atoms with E-state index < -0.39 is 6.10 Å². The third-order valence-corrected chi connectivity index (χ3v) is 4.33. The molecular weight excluding hydrogens is 268 g/mol. The molecule has 1 fully saturated rings. The van der Waals surface area contributed by atoms with Crippen LogP contribution in [0.4, 0.5) is 0 Å². The second kappa shape index (κ2) is 5.66. The van der Waals surface area contributed by atoms with Gasteiger partial charge in [0.1, 0.15) is 0 Å². The van der Waals surface area contributed by atoms with Gasteiger partial charge < -0.3 is 14.8 Å². The summed E-state index contributed by atoms with van der Waals surface area (Å²) >= 11 is 0. The number of nitrogens with one attached hydrogen (secondary N) is 1. The molecular formula is C16H22N2O3. The molecule has 2 N–H and O–H groups in total. The van der Waals surface area contributed by atoms with E-state index in [0.717, 1.165) is 37.0 Å².